The second-order valence-electron chi connectivity index (χ2n) is 4.76. The lowest BCUT2D eigenvalue weighted by atomic mass is 10.1. The van der Waals surface area contributed by atoms with Gasteiger partial charge in [0.05, 0.1) is 0 Å². The molecule has 2 aromatic heterocycles. The number of hydrogen-bond donors (Lipinski definition) is 3. The van der Waals surface area contributed by atoms with Crippen molar-refractivity contribution in [1.29, 1.82) is 0 Å². The molecule has 0 bridgehead atoms. The van der Waals surface area contributed by atoms with Crippen molar-refractivity contribution in [2.75, 3.05) is 10.7 Å². The van der Waals surface area contributed by atoms with Gasteiger partial charge in [-0.1, -0.05) is 36.8 Å². The quantitative estimate of drug-likeness (QED) is 0.442. The van der Waals surface area contributed by atoms with Gasteiger partial charge in [0.15, 0.2) is 0 Å². The number of amides is 1. The zero-order valence-electron chi connectivity index (χ0n) is 11.6. The molecular formula is C12H15ClN6OS. The maximum Gasteiger partial charge on any atom is 0.257 e. The van der Waals surface area contributed by atoms with E-state index >= 15 is 0 Å². The number of hydrogen-bond acceptors (Lipinski definition) is 7. The van der Waals surface area contributed by atoms with Gasteiger partial charge in [-0.05, 0) is 18.1 Å². The Morgan fingerprint density at radius 1 is 1.43 bits per heavy atom. The van der Waals surface area contributed by atoms with Crippen LogP contribution in [0.15, 0.2) is 12.1 Å². The Bertz CT molecular complexity index is 644. The second kappa shape index (κ2) is 6.79. The van der Waals surface area contributed by atoms with E-state index in [-0.39, 0.29) is 11.1 Å². The van der Waals surface area contributed by atoms with Crippen molar-refractivity contribution in [1.82, 2.24) is 15.2 Å². The molecule has 0 aromatic carbocycles. The van der Waals surface area contributed by atoms with Gasteiger partial charge in [0.1, 0.15) is 16.0 Å². The number of nitrogens with two attached hydrogens (primary N) is 1. The number of nitrogens with zero attached hydrogens (tertiary/aromatic N) is 3. The Labute approximate surface area is 130 Å². The van der Waals surface area contributed by atoms with Crippen molar-refractivity contribution >= 4 is 39.8 Å². The number of aromatic nitrogens is 3. The van der Waals surface area contributed by atoms with E-state index in [0.29, 0.717) is 22.4 Å². The van der Waals surface area contributed by atoms with E-state index < -0.39 is 0 Å². The number of rotatable bonds is 5. The second-order valence-corrected chi connectivity index (χ2v) is 6.21. The van der Waals surface area contributed by atoms with Gasteiger partial charge in [-0.25, -0.2) is 10.8 Å². The summed E-state index contributed by atoms with van der Waals surface area (Å²) < 4.78 is 0. The summed E-state index contributed by atoms with van der Waals surface area (Å²) in [5, 5.41) is 12.2. The van der Waals surface area contributed by atoms with Crippen LogP contribution < -0.4 is 16.6 Å². The largest absolute Gasteiger partial charge is 0.308 e. The molecule has 0 spiro atoms. The molecule has 0 saturated heterocycles. The Kier molecular flexibility index (Phi) is 5.05. The van der Waals surface area contributed by atoms with Crippen LogP contribution in [0, 0.1) is 5.92 Å². The molecular weight excluding hydrogens is 312 g/mol. The minimum Gasteiger partial charge on any atom is -0.308 e. The van der Waals surface area contributed by atoms with Crippen LogP contribution >= 0.6 is 22.9 Å². The van der Waals surface area contributed by atoms with Crippen LogP contribution in [0.1, 0.15) is 29.2 Å². The van der Waals surface area contributed by atoms with E-state index in [1.54, 1.807) is 0 Å². The summed E-state index contributed by atoms with van der Waals surface area (Å²) in [6, 6.07) is 2.95. The molecule has 0 unspecified atom stereocenters. The first-order chi connectivity index (χ1) is 9.97. The molecule has 2 rings (SSSR count). The van der Waals surface area contributed by atoms with Gasteiger partial charge in [-0.3, -0.25) is 10.1 Å². The van der Waals surface area contributed by atoms with Gasteiger partial charge >= 0.3 is 0 Å². The molecule has 0 saturated carbocycles. The summed E-state index contributed by atoms with van der Waals surface area (Å²) in [5.41, 5.74) is 2.69. The van der Waals surface area contributed by atoms with Gasteiger partial charge < -0.3 is 5.43 Å². The van der Waals surface area contributed by atoms with Crippen LogP contribution in [0.25, 0.3) is 0 Å². The third-order valence-corrected chi connectivity index (χ3v) is 3.53. The van der Waals surface area contributed by atoms with Crippen molar-refractivity contribution in [2.24, 2.45) is 11.8 Å². The Morgan fingerprint density at radius 2 is 2.19 bits per heavy atom. The van der Waals surface area contributed by atoms with Crippen LogP contribution in [0.2, 0.25) is 5.15 Å². The van der Waals surface area contributed by atoms with Crippen LogP contribution in [-0.2, 0) is 6.42 Å². The molecule has 9 heteroatoms. The molecule has 0 fully saturated rings. The normalized spacial score (nSPS) is 10.7. The summed E-state index contributed by atoms with van der Waals surface area (Å²) >= 11 is 7.18. The van der Waals surface area contributed by atoms with E-state index in [2.05, 4.69) is 39.8 Å². The Morgan fingerprint density at radius 3 is 2.86 bits per heavy atom. The average Bonchev–Trinajstić information content (AvgIpc) is 2.84. The van der Waals surface area contributed by atoms with E-state index in [4.69, 9.17) is 17.4 Å². The number of halogens is 1. The minimum absolute atomic E-state index is 0.174. The van der Waals surface area contributed by atoms with E-state index in [1.807, 2.05) is 0 Å². The van der Waals surface area contributed by atoms with Crippen LogP contribution in [0.5, 0.6) is 0 Å². The van der Waals surface area contributed by atoms with Gasteiger partial charge in [-0.2, -0.15) is 0 Å². The Hall–Kier alpha value is -1.77. The highest BCUT2D eigenvalue weighted by Gasteiger charge is 2.13. The number of anilines is 2. The predicted molar refractivity (Wildman–Crippen MR) is 83.5 cm³/mol. The molecule has 4 N–H and O–H groups in total. The molecule has 0 radical (unpaired) electrons. The van der Waals surface area contributed by atoms with Gasteiger partial charge in [0, 0.05) is 12.0 Å². The number of carbonyl (C=O) groups is 1. The highest BCUT2D eigenvalue weighted by Crippen LogP contribution is 2.20. The molecule has 1 amide bonds. The minimum atomic E-state index is -0.344. The number of carbonyl (C=O) groups excluding carboxylic acids is 1. The maximum absolute atomic E-state index is 12.1. The molecule has 21 heavy (non-hydrogen) atoms. The molecule has 0 aliphatic carbocycles. The van der Waals surface area contributed by atoms with Crippen molar-refractivity contribution in [3.8, 4) is 0 Å². The summed E-state index contributed by atoms with van der Waals surface area (Å²) in [6.07, 6.45) is 0.829. The van der Waals surface area contributed by atoms with E-state index in [0.717, 1.165) is 11.4 Å². The molecule has 112 valence electrons. The zero-order chi connectivity index (χ0) is 15.4. The first kappa shape index (κ1) is 15.6. The molecule has 2 aromatic rings. The van der Waals surface area contributed by atoms with Crippen molar-refractivity contribution < 1.29 is 4.79 Å². The van der Waals surface area contributed by atoms with Crippen molar-refractivity contribution in [3.63, 3.8) is 0 Å². The van der Waals surface area contributed by atoms with E-state index in [1.165, 1.54) is 23.5 Å². The third kappa shape index (κ3) is 4.35. The monoisotopic (exact) mass is 326 g/mol. The molecule has 0 aliphatic rings. The average molecular weight is 327 g/mol. The summed E-state index contributed by atoms with van der Waals surface area (Å²) in [4.78, 5) is 16.0. The van der Waals surface area contributed by atoms with Crippen LogP contribution in [-0.4, -0.2) is 21.1 Å². The topological polar surface area (TPSA) is 106 Å². The highest BCUT2D eigenvalue weighted by molar-refractivity contribution is 7.15. The Balaban J connectivity index is 2.10. The van der Waals surface area contributed by atoms with Gasteiger partial charge in [0.25, 0.3) is 5.91 Å². The lowest BCUT2D eigenvalue weighted by Gasteiger charge is -2.04. The lowest BCUT2D eigenvalue weighted by molar-refractivity contribution is 0.102. The fourth-order valence-electron chi connectivity index (χ4n) is 1.61. The van der Waals surface area contributed by atoms with Crippen LogP contribution in [0.4, 0.5) is 10.9 Å². The first-order valence-corrected chi connectivity index (χ1v) is 7.45. The van der Waals surface area contributed by atoms with Gasteiger partial charge in [0.2, 0.25) is 5.13 Å². The highest BCUT2D eigenvalue weighted by atomic mass is 35.5. The summed E-state index contributed by atoms with van der Waals surface area (Å²) in [5.74, 6) is 5.72. The summed E-state index contributed by atoms with van der Waals surface area (Å²) in [6.45, 7) is 4.19. The smallest absolute Gasteiger partial charge is 0.257 e. The zero-order valence-corrected chi connectivity index (χ0v) is 13.1. The molecule has 7 nitrogen and oxygen atoms in total. The number of hydrazine groups is 1. The molecule has 0 aliphatic heterocycles. The lowest BCUT2D eigenvalue weighted by Crippen LogP contribution is -2.14. The maximum atomic E-state index is 12.1. The third-order valence-electron chi connectivity index (χ3n) is 2.47. The van der Waals surface area contributed by atoms with Crippen molar-refractivity contribution in [3.05, 3.63) is 27.9 Å². The standard InChI is InChI=1S/C12H15ClN6OS/c1-6(2)3-10-18-19-12(21-10)16-11(20)7-4-8(13)15-9(5-7)17-14/h4-6H,3,14H2,1-2H3,(H,15,17)(H,16,19,20). The SMILES string of the molecule is CC(C)Cc1nnc(NC(=O)c2cc(Cl)nc(NN)c2)s1. The summed E-state index contributed by atoms with van der Waals surface area (Å²) in [7, 11) is 0. The van der Waals surface area contributed by atoms with Crippen molar-refractivity contribution in [2.45, 2.75) is 20.3 Å². The first-order valence-electron chi connectivity index (χ1n) is 6.26. The number of nitrogen functional groups attached to an aromatic ring is 1. The molecule has 0 atom stereocenters. The van der Waals surface area contributed by atoms with E-state index in [9.17, 15) is 4.79 Å². The fraction of sp³-hybridized carbons (Fsp3) is 0.333. The number of nitrogens with one attached hydrogen (secondary N) is 2. The number of pyridine rings is 1. The van der Waals surface area contributed by atoms with Crippen LogP contribution in [0.3, 0.4) is 0 Å². The predicted octanol–water partition coefficient (Wildman–Crippen LogP) is 2.32. The van der Waals surface area contributed by atoms with Gasteiger partial charge in [-0.15, -0.1) is 10.2 Å². The molecule has 2 heterocycles. The fourth-order valence-corrected chi connectivity index (χ4v) is 2.76.